The third kappa shape index (κ3) is 5.03. The highest BCUT2D eigenvalue weighted by atomic mass is 35.5. The van der Waals surface area contributed by atoms with Gasteiger partial charge in [0.1, 0.15) is 0 Å². The fourth-order valence-corrected chi connectivity index (χ4v) is 3.18. The maximum Gasteiger partial charge on any atom is 0.253 e. The van der Waals surface area contributed by atoms with Gasteiger partial charge in [-0.2, -0.15) is 0 Å². The second-order valence-corrected chi connectivity index (χ2v) is 6.10. The van der Waals surface area contributed by atoms with E-state index >= 15 is 0 Å². The van der Waals surface area contributed by atoms with E-state index in [4.69, 9.17) is 5.73 Å². The fourth-order valence-electron chi connectivity index (χ4n) is 3.18. The lowest BCUT2D eigenvalue weighted by Crippen LogP contribution is -2.45. The number of likely N-dealkylation sites (tertiary alicyclic amines) is 1. The monoisotopic (exact) mass is 381 g/mol. The number of amides is 1. The van der Waals surface area contributed by atoms with Crippen LogP contribution in [0.3, 0.4) is 0 Å². The Labute approximate surface area is 161 Å². The lowest BCUT2D eigenvalue weighted by atomic mass is 10.0. The zero-order valence-corrected chi connectivity index (χ0v) is 15.9. The topological polar surface area (TPSA) is 49.6 Å². The molecule has 0 radical (unpaired) electrons. The molecule has 4 nitrogen and oxygen atoms in total. The lowest BCUT2D eigenvalue weighted by Gasteiger charge is -2.38. The number of hydrogen-bond acceptors (Lipinski definition) is 3. The van der Waals surface area contributed by atoms with E-state index in [1.807, 2.05) is 23.1 Å². The van der Waals surface area contributed by atoms with E-state index in [1.165, 1.54) is 5.69 Å². The standard InChI is InChI=1S/C19H23N3O.2ClH/c1-21(17-8-3-2-4-9-17)18-10-12-22(13-11-18)19(23)15-6-5-7-16(20)14-15;;/h2-9,14,18H,10-13,20H2,1H3;2*1H. The molecule has 1 fully saturated rings. The Morgan fingerprint density at radius 3 is 2.28 bits per heavy atom. The Balaban J connectivity index is 0.00000156. The van der Waals surface area contributed by atoms with Crippen molar-refractivity contribution in [3.8, 4) is 0 Å². The number of hydrogen-bond donors (Lipinski definition) is 1. The van der Waals surface area contributed by atoms with Crippen LogP contribution in [0.4, 0.5) is 11.4 Å². The molecule has 25 heavy (non-hydrogen) atoms. The molecule has 0 aliphatic carbocycles. The SMILES string of the molecule is CN(c1ccccc1)C1CCN(C(=O)c2cccc(N)c2)CC1.Cl.Cl. The second-order valence-electron chi connectivity index (χ2n) is 6.10. The minimum Gasteiger partial charge on any atom is -0.399 e. The molecule has 0 unspecified atom stereocenters. The summed E-state index contributed by atoms with van der Waals surface area (Å²) in [5.74, 6) is 0.0816. The van der Waals surface area contributed by atoms with Gasteiger partial charge < -0.3 is 15.5 Å². The third-order valence-corrected chi connectivity index (χ3v) is 4.60. The molecule has 0 saturated carbocycles. The van der Waals surface area contributed by atoms with Gasteiger partial charge in [0.05, 0.1) is 0 Å². The van der Waals surface area contributed by atoms with Crippen molar-refractivity contribution in [1.82, 2.24) is 4.90 Å². The molecule has 2 aromatic rings. The van der Waals surface area contributed by atoms with Crippen LogP contribution in [0.5, 0.6) is 0 Å². The number of carbonyl (C=O) groups excluding carboxylic acids is 1. The number of anilines is 2. The van der Waals surface area contributed by atoms with E-state index in [9.17, 15) is 4.79 Å². The first-order valence-corrected chi connectivity index (χ1v) is 8.08. The molecule has 0 spiro atoms. The molecule has 1 amide bonds. The molecular formula is C19H25Cl2N3O. The lowest BCUT2D eigenvalue weighted by molar-refractivity contribution is 0.0713. The van der Waals surface area contributed by atoms with Crippen LogP contribution in [0, 0.1) is 0 Å². The second kappa shape index (κ2) is 9.54. The van der Waals surface area contributed by atoms with E-state index in [2.05, 4.69) is 36.2 Å². The summed E-state index contributed by atoms with van der Waals surface area (Å²) in [6.07, 6.45) is 1.97. The smallest absolute Gasteiger partial charge is 0.253 e. The van der Waals surface area contributed by atoms with Crippen LogP contribution in [0.2, 0.25) is 0 Å². The summed E-state index contributed by atoms with van der Waals surface area (Å²) >= 11 is 0. The summed E-state index contributed by atoms with van der Waals surface area (Å²) in [6, 6.07) is 18.1. The summed E-state index contributed by atoms with van der Waals surface area (Å²) in [5, 5.41) is 0. The van der Waals surface area contributed by atoms with Crippen molar-refractivity contribution in [2.75, 3.05) is 30.8 Å². The Morgan fingerprint density at radius 2 is 1.68 bits per heavy atom. The fraction of sp³-hybridized carbons (Fsp3) is 0.316. The van der Waals surface area contributed by atoms with E-state index in [1.54, 1.807) is 12.1 Å². The van der Waals surface area contributed by atoms with Gasteiger partial charge in [0, 0.05) is 43.1 Å². The summed E-state index contributed by atoms with van der Waals surface area (Å²) < 4.78 is 0. The van der Waals surface area contributed by atoms with Crippen LogP contribution in [-0.2, 0) is 0 Å². The minimum absolute atomic E-state index is 0. The predicted octanol–water partition coefficient (Wildman–Crippen LogP) is 3.85. The number of para-hydroxylation sites is 1. The van der Waals surface area contributed by atoms with Crippen molar-refractivity contribution >= 4 is 42.1 Å². The average Bonchev–Trinajstić information content (AvgIpc) is 2.61. The molecule has 2 aromatic carbocycles. The summed E-state index contributed by atoms with van der Waals surface area (Å²) in [6.45, 7) is 1.57. The van der Waals surface area contributed by atoms with Gasteiger partial charge in [-0.25, -0.2) is 0 Å². The Bertz CT molecular complexity index is 673. The van der Waals surface area contributed by atoms with Gasteiger partial charge in [0.15, 0.2) is 0 Å². The van der Waals surface area contributed by atoms with E-state index < -0.39 is 0 Å². The number of nitrogens with zero attached hydrogens (tertiary/aromatic N) is 2. The maximum absolute atomic E-state index is 12.6. The molecule has 6 heteroatoms. The van der Waals surface area contributed by atoms with Crippen molar-refractivity contribution in [2.45, 2.75) is 18.9 Å². The first-order valence-electron chi connectivity index (χ1n) is 8.08. The Morgan fingerprint density at radius 1 is 1.04 bits per heavy atom. The normalized spacial score (nSPS) is 14.2. The Hall–Kier alpha value is -1.91. The summed E-state index contributed by atoms with van der Waals surface area (Å²) in [4.78, 5) is 16.8. The van der Waals surface area contributed by atoms with Crippen LogP contribution < -0.4 is 10.6 Å². The highest BCUT2D eigenvalue weighted by Crippen LogP contribution is 2.23. The van der Waals surface area contributed by atoms with Gasteiger partial charge in [-0.1, -0.05) is 24.3 Å². The van der Waals surface area contributed by atoms with Crippen LogP contribution >= 0.6 is 24.8 Å². The van der Waals surface area contributed by atoms with Gasteiger partial charge in [-0.15, -0.1) is 24.8 Å². The van der Waals surface area contributed by atoms with Gasteiger partial charge in [0.25, 0.3) is 5.91 Å². The molecule has 0 atom stereocenters. The van der Waals surface area contributed by atoms with Gasteiger partial charge in [0.2, 0.25) is 0 Å². The van der Waals surface area contributed by atoms with E-state index in [-0.39, 0.29) is 30.7 Å². The van der Waals surface area contributed by atoms with Crippen molar-refractivity contribution in [1.29, 1.82) is 0 Å². The number of carbonyl (C=O) groups is 1. The maximum atomic E-state index is 12.6. The molecule has 0 aromatic heterocycles. The quantitative estimate of drug-likeness (QED) is 0.821. The number of piperidine rings is 1. The molecule has 136 valence electrons. The van der Waals surface area contributed by atoms with Crippen molar-refractivity contribution in [3.05, 3.63) is 60.2 Å². The number of benzene rings is 2. The zero-order chi connectivity index (χ0) is 16.2. The van der Waals surface area contributed by atoms with Crippen LogP contribution in [-0.4, -0.2) is 37.0 Å². The molecule has 1 aliphatic rings. The first-order chi connectivity index (χ1) is 11.1. The number of nitrogen functional groups attached to an aromatic ring is 1. The van der Waals surface area contributed by atoms with Gasteiger partial charge in [-0.05, 0) is 43.2 Å². The summed E-state index contributed by atoms with van der Waals surface area (Å²) in [5.41, 5.74) is 8.32. The highest BCUT2D eigenvalue weighted by Gasteiger charge is 2.26. The van der Waals surface area contributed by atoms with Crippen molar-refractivity contribution < 1.29 is 4.79 Å². The highest BCUT2D eigenvalue weighted by molar-refractivity contribution is 5.95. The summed E-state index contributed by atoms with van der Waals surface area (Å²) in [7, 11) is 2.13. The van der Waals surface area contributed by atoms with Gasteiger partial charge in [-0.3, -0.25) is 4.79 Å². The number of halogens is 2. The minimum atomic E-state index is 0. The molecule has 1 saturated heterocycles. The zero-order valence-electron chi connectivity index (χ0n) is 14.3. The van der Waals surface area contributed by atoms with Crippen molar-refractivity contribution in [2.24, 2.45) is 0 Å². The number of rotatable bonds is 3. The van der Waals surface area contributed by atoms with E-state index in [0.717, 1.165) is 25.9 Å². The largest absolute Gasteiger partial charge is 0.399 e. The molecular weight excluding hydrogens is 357 g/mol. The molecule has 2 N–H and O–H groups in total. The predicted molar refractivity (Wildman–Crippen MR) is 109 cm³/mol. The van der Waals surface area contributed by atoms with Crippen LogP contribution in [0.1, 0.15) is 23.2 Å². The Kier molecular flexibility index (Phi) is 8.07. The number of nitrogens with two attached hydrogens (primary N) is 1. The molecule has 1 aliphatic heterocycles. The molecule has 0 bridgehead atoms. The van der Waals surface area contributed by atoms with Crippen LogP contribution in [0.25, 0.3) is 0 Å². The van der Waals surface area contributed by atoms with Gasteiger partial charge >= 0.3 is 0 Å². The van der Waals surface area contributed by atoms with Crippen molar-refractivity contribution in [3.63, 3.8) is 0 Å². The van der Waals surface area contributed by atoms with Crippen LogP contribution in [0.15, 0.2) is 54.6 Å². The third-order valence-electron chi connectivity index (χ3n) is 4.60. The average molecular weight is 382 g/mol. The first kappa shape index (κ1) is 21.1. The van der Waals surface area contributed by atoms with E-state index in [0.29, 0.717) is 17.3 Å². The molecule has 3 rings (SSSR count). The molecule has 1 heterocycles.